The van der Waals surface area contributed by atoms with Crippen LogP contribution in [0.2, 0.25) is 0 Å². The van der Waals surface area contributed by atoms with E-state index in [9.17, 15) is 0 Å². The summed E-state index contributed by atoms with van der Waals surface area (Å²) in [5.41, 5.74) is 7.96. The SMILES string of the molecule is C=C(C)COc1c(Br)cc(CC(C)N)cc1Br. The summed E-state index contributed by atoms with van der Waals surface area (Å²) in [5.74, 6) is 0.807. The fourth-order valence-electron chi connectivity index (χ4n) is 1.44. The molecule has 1 aromatic carbocycles. The number of halogens is 2. The molecule has 0 aliphatic heterocycles. The van der Waals surface area contributed by atoms with Gasteiger partial charge in [-0.1, -0.05) is 6.58 Å². The number of benzene rings is 1. The van der Waals surface area contributed by atoms with Gasteiger partial charge in [-0.2, -0.15) is 0 Å². The molecule has 1 rings (SSSR count). The average molecular weight is 363 g/mol. The minimum atomic E-state index is 0.149. The molecule has 0 bridgehead atoms. The third kappa shape index (κ3) is 4.82. The van der Waals surface area contributed by atoms with Gasteiger partial charge in [0, 0.05) is 6.04 Å². The molecule has 0 heterocycles. The van der Waals surface area contributed by atoms with E-state index in [1.165, 1.54) is 5.56 Å². The third-order valence-electron chi connectivity index (χ3n) is 2.08. The van der Waals surface area contributed by atoms with Crippen LogP contribution >= 0.6 is 31.9 Å². The molecular formula is C13H17Br2NO. The Kier molecular flexibility index (Phi) is 5.70. The quantitative estimate of drug-likeness (QED) is 0.801. The Balaban J connectivity index is 2.90. The predicted molar refractivity (Wildman–Crippen MR) is 79.5 cm³/mol. The number of nitrogens with two attached hydrogens (primary N) is 1. The molecule has 0 aromatic heterocycles. The lowest BCUT2D eigenvalue weighted by atomic mass is 10.1. The first-order valence-electron chi connectivity index (χ1n) is 5.41. The van der Waals surface area contributed by atoms with Crippen LogP contribution in [0.3, 0.4) is 0 Å². The van der Waals surface area contributed by atoms with E-state index >= 15 is 0 Å². The summed E-state index contributed by atoms with van der Waals surface area (Å²) in [7, 11) is 0. The first kappa shape index (κ1) is 14.7. The molecule has 0 amide bonds. The molecule has 94 valence electrons. The van der Waals surface area contributed by atoms with E-state index in [2.05, 4.69) is 38.4 Å². The first-order chi connectivity index (χ1) is 7.90. The smallest absolute Gasteiger partial charge is 0.148 e. The van der Waals surface area contributed by atoms with Gasteiger partial charge in [0.1, 0.15) is 12.4 Å². The van der Waals surface area contributed by atoms with Crippen molar-refractivity contribution in [3.05, 3.63) is 38.8 Å². The van der Waals surface area contributed by atoms with Crippen molar-refractivity contribution in [2.24, 2.45) is 5.73 Å². The van der Waals surface area contributed by atoms with E-state index in [1.54, 1.807) is 0 Å². The predicted octanol–water partition coefficient (Wildman–Crippen LogP) is 4.06. The van der Waals surface area contributed by atoms with Crippen LogP contribution in [-0.2, 0) is 6.42 Å². The Hall–Kier alpha value is -0.320. The maximum Gasteiger partial charge on any atom is 0.148 e. The van der Waals surface area contributed by atoms with E-state index in [4.69, 9.17) is 10.5 Å². The third-order valence-corrected chi connectivity index (χ3v) is 3.26. The molecule has 1 atom stereocenters. The molecule has 17 heavy (non-hydrogen) atoms. The van der Waals surface area contributed by atoms with Crippen LogP contribution in [0.4, 0.5) is 0 Å². The Morgan fingerprint density at radius 3 is 2.35 bits per heavy atom. The number of hydrogen-bond donors (Lipinski definition) is 1. The normalized spacial score (nSPS) is 12.3. The Bertz CT molecular complexity index is 393. The van der Waals surface area contributed by atoms with E-state index in [0.29, 0.717) is 6.61 Å². The highest BCUT2D eigenvalue weighted by atomic mass is 79.9. The Morgan fingerprint density at radius 2 is 1.94 bits per heavy atom. The van der Waals surface area contributed by atoms with Crippen molar-refractivity contribution in [2.45, 2.75) is 26.3 Å². The van der Waals surface area contributed by atoms with E-state index in [-0.39, 0.29) is 6.04 Å². The Morgan fingerprint density at radius 1 is 1.41 bits per heavy atom. The van der Waals surface area contributed by atoms with Crippen LogP contribution in [0, 0.1) is 0 Å². The van der Waals surface area contributed by atoms with Crippen LogP contribution < -0.4 is 10.5 Å². The number of ether oxygens (including phenoxy) is 1. The summed E-state index contributed by atoms with van der Waals surface area (Å²) >= 11 is 7.03. The van der Waals surface area contributed by atoms with Crippen LogP contribution in [0.5, 0.6) is 5.75 Å². The fraction of sp³-hybridized carbons (Fsp3) is 0.385. The molecule has 0 aliphatic carbocycles. The second-order valence-electron chi connectivity index (χ2n) is 4.32. The minimum absolute atomic E-state index is 0.149. The molecule has 2 N–H and O–H groups in total. The highest BCUT2D eigenvalue weighted by Crippen LogP contribution is 2.35. The zero-order chi connectivity index (χ0) is 13.0. The summed E-state index contributed by atoms with van der Waals surface area (Å²) in [6, 6.07) is 4.24. The molecule has 0 radical (unpaired) electrons. The van der Waals surface area contributed by atoms with Gasteiger partial charge in [-0.3, -0.25) is 0 Å². The summed E-state index contributed by atoms with van der Waals surface area (Å²) in [4.78, 5) is 0. The topological polar surface area (TPSA) is 35.2 Å². The zero-order valence-corrected chi connectivity index (χ0v) is 13.3. The molecule has 0 spiro atoms. The van der Waals surface area contributed by atoms with Gasteiger partial charge in [0.05, 0.1) is 8.95 Å². The fourth-order valence-corrected chi connectivity index (χ4v) is 2.95. The summed E-state index contributed by atoms with van der Waals surface area (Å²) in [5, 5.41) is 0. The van der Waals surface area contributed by atoms with Crippen LogP contribution in [0.25, 0.3) is 0 Å². The lowest BCUT2D eigenvalue weighted by Gasteiger charge is -2.13. The summed E-state index contributed by atoms with van der Waals surface area (Å²) in [6.07, 6.45) is 0.845. The largest absolute Gasteiger partial charge is 0.487 e. The maximum absolute atomic E-state index is 5.79. The first-order valence-corrected chi connectivity index (χ1v) is 6.99. The molecule has 1 unspecified atom stereocenters. The molecule has 1 aromatic rings. The summed E-state index contributed by atoms with van der Waals surface area (Å²) < 4.78 is 7.53. The molecule has 0 saturated heterocycles. The van der Waals surface area contributed by atoms with Gasteiger partial charge in [0.25, 0.3) is 0 Å². The second kappa shape index (κ2) is 6.57. The summed E-state index contributed by atoms with van der Waals surface area (Å²) in [6.45, 7) is 8.26. The van der Waals surface area contributed by atoms with Gasteiger partial charge < -0.3 is 10.5 Å². The average Bonchev–Trinajstić information content (AvgIpc) is 2.14. The standard InChI is InChI=1S/C13H17Br2NO/c1-8(2)7-17-13-11(14)5-10(4-9(3)16)6-12(13)15/h5-6,9H,1,4,7,16H2,2-3H3. The molecule has 0 fully saturated rings. The highest BCUT2D eigenvalue weighted by molar-refractivity contribution is 9.11. The van der Waals surface area contributed by atoms with Crippen LogP contribution in [0.1, 0.15) is 19.4 Å². The van der Waals surface area contributed by atoms with Crippen molar-refractivity contribution >= 4 is 31.9 Å². The van der Waals surface area contributed by atoms with Gasteiger partial charge in [0.15, 0.2) is 0 Å². The van der Waals surface area contributed by atoms with Crippen LogP contribution in [-0.4, -0.2) is 12.6 Å². The van der Waals surface area contributed by atoms with Gasteiger partial charge in [-0.25, -0.2) is 0 Å². The van der Waals surface area contributed by atoms with E-state index in [0.717, 1.165) is 26.7 Å². The van der Waals surface area contributed by atoms with E-state index < -0.39 is 0 Å². The Labute approximate surface area is 119 Å². The van der Waals surface area contributed by atoms with Gasteiger partial charge in [-0.05, 0) is 75.4 Å². The lowest BCUT2D eigenvalue weighted by Crippen LogP contribution is -2.17. The van der Waals surface area contributed by atoms with Gasteiger partial charge in [0.2, 0.25) is 0 Å². The van der Waals surface area contributed by atoms with Gasteiger partial charge in [-0.15, -0.1) is 0 Å². The highest BCUT2D eigenvalue weighted by Gasteiger charge is 2.10. The molecule has 0 saturated carbocycles. The minimum Gasteiger partial charge on any atom is -0.487 e. The van der Waals surface area contributed by atoms with Gasteiger partial charge >= 0.3 is 0 Å². The van der Waals surface area contributed by atoms with Crippen molar-refractivity contribution in [2.75, 3.05) is 6.61 Å². The lowest BCUT2D eigenvalue weighted by molar-refractivity contribution is 0.348. The molecule has 2 nitrogen and oxygen atoms in total. The maximum atomic E-state index is 5.79. The molecule has 4 heteroatoms. The monoisotopic (exact) mass is 361 g/mol. The molecule has 0 aliphatic rings. The second-order valence-corrected chi connectivity index (χ2v) is 6.02. The van der Waals surface area contributed by atoms with Crippen molar-refractivity contribution in [3.63, 3.8) is 0 Å². The van der Waals surface area contributed by atoms with Crippen molar-refractivity contribution in [1.82, 2.24) is 0 Å². The number of rotatable bonds is 5. The van der Waals surface area contributed by atoms with E-state index in [1.807, 2.05) is 26.0 Å². The van der Waals surface area contributed by atoms with Crippen molar-refractivity contribution in [1.29, 1.82) is 0 Å². The zero-order valence-electron chi connectivity index (χ0n) is 10.1. The van der Waals surface area contributed by atoms with Crippen molar-refractivity contribution < 1.29 is 4.74 Å². The van der Waals surface area contributed by atoms with Crippen molar-refractivity contribution in [3.8, 4) is 5.75 Å². The van der Waals surface area contributed by atoms with Crippen LogP contribution in [0.15, 0.2) is 33.2 Å². The number of hydrogen-bond acceptors (Lipinski definition) is 2. The molecular weight excluding hydrogens is 346 g/mol.